The summed E-state index contributed by atoms with van der Waals surface area (Å²) in [5, 5.41) is 5.27. The third-order valence-corrected chi connectivity index (χ3v) is 6.71. The van der Waals surface area contributed by atoms with E-state index in [1.807, 2.05) is 0 Å². The van der Waals surface area contributed by atoms with Crippen LogP contribution in [0.2, 0.25) is 0 Å². The second-order valence-corrected chi connectivity index (χ2v) is 8.57. The highest BCUT2D eigenvalue weighted by Crippen LogP contribution is 2.28. The number of nitrogens with zero attached hydrogens (tertiary/aromatic N) is 2. The van der Waals surface area contributed by atoms with Gasteiger partial charge in [0.05, 0.1) is 18.2 Å². The first-order valence-corrected chi connectivity index (χ1v) is 11.0. The SMILES string of the molecule is O=C(NCC(c1cccs1)N1CCCC1)C1CCCN(C(=O)c2ccco2)C1. The lowest BCUT2D eigenvalue weighted by Crippen LogP contribution is -2.46. The summed E-state index contributed by atoms with van der Waals surface area (Å²) in [6.07, 6.45) is 5.61. The first-order valence-electron chi connectivity index (χ1n) is 10.1. The summed E-state index contributed by atoms with van der Waals surface area (Å²) in [6.45, 7) is 3.94. The van der Waals surface area contributed by atoms with E-state index in [1.165, 1.54) is 24.0 Å². The summed E-state index contributed by atoms with van der Waals surface area (Å²) < 4.78 is 5.23. The molecule has 6 nitrogen and oxygen atoms in total. The molecular weight excluding hydrogens is 374 g/mol. The zero-order valence-electron chi connectivity index (χ0n) is 16.0. The number of carbonyl (C=O) groups is 2. The lowest BCUT2D eigenvalue weighted by atomic mass is 9.96. The third-order valence-electron chi connectivity index (χ3n) is 5.73. The molecule has 150 valence electrons. The van der Waals surface area contributed by atoms with Crippen molar-refractivity contribution in [1.29, 1.82) is 0 Å². The van der Waals surface area contributed by atoms with Crippen LogP contribution in [-0.2, 0) is 4.79 Å². The number of piperidine rings is 1. The molecular formula is C21H27N3O3S. The molecule has 4 rings (SSSR count). The van der Waals surface area contributed by atoms with E-state index in [4.69, 9.17) is 4.42 Å². The quantitative estimate of drug-likeness (QED) is 0.808. The Kier molecular flexibility index (Phi) is 6.12. The normalized spacial score (nSPS) is 21.6. The van der Waals surface area contributed by atoms with Crippen molar-refractivity contribution in [2.24, 2.45) is 5.92 Å². The van der Waals surface area contributed by atoms with Crippen molar-refractivity contribution in [3.05, 3.63) is 46.5 Å². The van der Waals surface area contributed by atoms with E-state index in [0.29, 0.717) is 25.4 Å². The van der Waals surface area contributed by atoms with E-state index in [9.17, 15) is 9.59 Å². The Morgan fingerprint density at radius 3 is 2.75 bits per heavy atom. The minimum absolute atomic E-state index is 0.0534. The van der Waals surface area contributed by atoms with Crippen LogP contribution in [0.3, 0.4) is 0 Å². The summed E-state index contributed by atoms with van der Waals surface area (Å²) in [5.74, 6) is 0.108. The van der Waals surface area contributed by atoms with Gasteiger partial charge in [-0.2, -0.15) is 0 Å². The van der Waals surface area contributed by atoms with Crippen molar-refractivity contribution >= 4 is 23.2 Å². The first kappa shape index (κ1) is 19.2. The van der Waals surface area contributed by atoms with Crippen molar-refractivity contribution in [2.45, 2.75) is 31.7 Å². The Hall–Kier alpha value is -2.12. The lowest BCUT2D eigenvalue weighted by molar-refractivity contribution is -0.126. The molecule has 0 radical (unpaired) electrons. The van der Waals surface area contributed by atoms with Crippen molar-refractivity contribution in [1.82, 2.24) is 15.1 Å². The van der Waals surface area contributed by atoms with Gasteiger partial charge in [-0.15, -0.1) is 11.3 Å². The highest BCUT2D eigenvalue weighted by atomic mass is 32.1. The summed E-state index contributed by atoms with van der Waals surface area (Å²) in [5.41, 5.74) is 0. The molecule has 4 heterocycles. The first-order chi connectivity index (χ1) is 13.7. The Bertz CT molecular complexity index is 769. The molecule has 1 N–H and O–H groups in total. The van der Waals surface area contributed by atoms with E-state index in [2.05, 4.69) is 27.7 Å². The van der Waals surface area contributed by atoms with E-state index < -0.39 is 0 Å². The second-order valence-electron chi connectivity index (χ2n) is 7.59. The molecule has 2 aliphatic rings. The number of thiophene rings is 1. The summed E-state index contributed by atoms with van der Waals surface area (Å²) in [6, 6.07) is 7.86. The van der Waals surface area contributed by atoms with Crippen LogP contribution in [0.5, 0.6) is 0 Å². The van der Waals surface area contributed by atoms with Gasteiger partial charge in [-0.1, -0.05) is 6.07 Å². The number of hydrogen-bond acceptors (Lipinski definition) is 5. The second kappa shape index (κ2) is 8.92. The number of likely N-dealkylation sites (tertiary alicyclic amines) is 2. The predicted molar refractivity (Wildman–Crippen MR) is 108 cm³/mol. The van der Waals surface area contributed by atoms with Gasteiger partial charge >= 0.3 is 0 Å². The Morgan fingerprint density at radius 2 is 2.04 bits per heavy atom. The summed E-state index contributed by atoms with van der Waals surface area (Å²) in [7, 11) is 0. The molecule has 2 aromatic rings. The number of nitrogens with one attached hydrogen (secondary N) is 1. The molecule has 2 unspecified atom stereocenters. The largest absolute Gasteiger partial charge is 0.459 e. The van der Waals surface area contributed by atoms with Gasteiger partial charge in [-0.25, -0.2) is 0 Å². The van der Waals surface area contributed by atoms with E-state index >= 15 is 0 Å². The van der Waals surface area contributed by atoms with Crippen LogP contribution in [0.15, 0.2) is 40.3 Å². The van der Waals surface area contributed by atoms with Gasteiger partial charge in [-0.3, -0.25) is 14.5 Å². The fraction of sp³-hybridized carbons (Fsp3) is 0.524. The number of carbonyl (C=O) groups excluding carboxylic acids is 2. The Labute approximate surface area is 169 Å². The zero-order valence-corrected chi connectivity index (χ0v) is 16.8. The molecule has 2 atom stereocenters. The van der Waals surface area contributed by atoms with Gasteiger partial charge in [-0.05, 0) is 62.4 Å². The summed E-state index contributed by atoms with van der Waals surface area (Å²) in [4.78, 5) is 30.9. The molecule has 0 bridgehead atoms. The Morgan fingerprint density at radius 1 is 1.18 bits per heavy atom. The van der Waals surface area contributed by atoms with Crippen LogP contribution in [-0.4, -0.2) is 54.3 Å². The topological polar surface area (TPSA) is 65.8 Å². The maximum Gasteiger partial charge on any atom is 0.289 e. The maximum absolute atomic E-state index is 12.9. The molecule has 0 aromatic carbocycles. The van der Waals surface area contributed by atoms with Crippen LogP contribution in [0.25, 0.3) is 0 Å². The highest BCUT2D eigenvalue weighted by Gasteiger charge is 2.31. The monoisotopic (exact) mass is 401 g/mol. The fourth-order valence-electron chi connectivity index (χ4n) is 4.22. The van der Waals surface area contributed by atoms with Gasteiger partial charge in [0.2, 0.25) is 5.91 Å². The number of furan rings is 1. The average molecular weight is 402 g/mol. The van der Waals surface area contributed by atoms with Crippen molar-refractivity contribution < 1.29 is 14.0 Å². The average Bonchev–Trinajstić information content (AvgIpc) is 3.51. The van der Waals surface area contributed by atoms with Crippen molar-refractivity contribution in [3.8, 4) is 0 Å². The highest BCUT2D eigenvalue weighted by molar-refractivity contribution is 7.10. The van der Waals surface area contributed by atoms with E-state index in [0.717, 1.165) is 25.9 Å². The minimum atomic E-state index is -0.157. The van der Waals surface area contributed by atoms with Crippen LogP contribution in [0, 0.1) is 5.92 Å². The van der Waals surface area contributed by atoms with Gasteiger partial charge in [0.1, 0.15) is 0 Å². The van der Waals surface area contributed by atoms with Gasteiger partial charge < -0.3 is 14.6 Å². The molecule has 2 fully saturated rings. The molecule has 2 amide bonds. The molecule has 2 saturated heterocycles. The van der Waals surface area contributed by atoms with E-state index in [-0.39, 0.29) is 23.8 Å². The minimum Gasteiger partial charge on any atom is -0.459 e. The molecule has 0 saturated carbocycles. The number of rotatable bonds is 6. The van der Waals surface area contributed by atoms with E-state index in [1.54, 1.807) is 28.4 Å². The lowest BCUT2D eigenvalue weighted by Gasteiger charge is -2.32. The molecule has 28 heavy (non-hydrogen) atoms. The summed E-state index contributed by atoms with van der Waals surface area (Å²) >= 11 is 1.75. The Balaban J connectivity index is 1.35. The van der Waals surface area contributed by atoms with Crippen LogP contribution < -0.4 is 5.32 Å². The number of hydrogen-bond donors (Lipinski definition) is 1. The van der Waals surface area contributed by atoms with Gasteiger partial charge in [0, 0.05) is 24.5 Å². The third kappa shape index (κ3) is 4.31. The molecule has 0 spiro atoms. The molecule has 7 heteroatoms. The van der Waals surface area contributed by atoms with Crippen LogP contribution in [0.4, 0.5) is 0 Å². The molecule has 2 aliphatic heterocycles. The maximum atomic E-state index is 12.9. The fourth-order valence-corrected chi connectivity index (χ4v) is 5.08. The molecule has 0 aliphatic carbocycles. The van der Waals surface area contributed by atoms with Gasteiger partial charge in [0.25, 0.3) is 5.91 Å². The predicted octanol–water partition coefficient (Wildman–Crippen LogP) is 3.15. The van der Waals surface area contributed by atoms with Crippen LogP contribution >= 0.6 is 11.3 Å². The molecule has 2 aromatic heterocycles. The number of amides is 2. The standard InChI is InChI=1S/C21H27N3O3S/c25-20(16-6-3-11-24(15-16)21(26)18-7-4-12-27-18)22-14-17(19-8-5-13-28-19)23-9-1-2-10-23/h4-5,7-8,12-13,16-17H,1-3,6,9-11,14-15H2,(H,22,25). The smallest absolute Gasteiger partial charge is 0.289 e. The zero-order chi connectivity index (χ0) is 19.3. The van der Waals surface area contributed by atoms with Crippen LogP contribution in [0.1, 0.15) is 47.2 Å². The van der Waals surface area contributed by atoms with Crippen molar-refractivity contribution in [2.75, 3.05) is 32.7 Å². The van der Waals surface area contributed by atoms with Crippen molar-refractivity contribution in [3.63, 3.8) is 0 Å². The van der Waals surface area contributed by atoms with Gasteiger partial charge in [0.15, 0.2) is 5.76 Å².